The average Bonchev–Trinajstić information content (AvgIpc) is 3.38. The van der Waals surface area contributed by atoms with Gasteiger partial charge < -0.3 is 15.5 Å². The number of amides is 1. The highest BCUT2D eigenvalue weighted by Gasteiger charge is 2.32. The molecule has 198 valence electrons. The molecule has 3 aromatic carbocycles. The highest BCUT2D eigenvalue weighted by molar-refractivity contribution is 6.17. The predicted molar refractivity (Wildman–Crippen MR) is 149 cm³/mol. The minimum Gasteiger partial charge on any atom is -0.480 e. The molecule has 3 N–H and O–H groups in total. The Bertz CT molecular complexity index is 1260. The van der Waals surface area contributed by atoms with Crippen LogP contribution in [0.4, 0.5) is 5.69 Å². The lowest BCUT2D eigenvalue weighted by Gasteiger charge is -2.25. The van der Waals surface area contributed by atoms with E-state index >= 15 is 0 Å². The maximum absolute atomic E-state index is 13.5. The fourth-order valence-electron chi connectivity index (χ4n) is 4.82. The summed E-state index contributed by atoms with van der Waals surface area (Å²) in [6, 6.07) is 25.0. The number of carbonyl (C=O) groups excluding carboxylic acids is 1. The van der Waals surface area contributed by atoms with Crippen molar-refractivity contribution in [3.8, 4) is 0 Å². The second-order valence-electron chi connectivity index (χ2n) is 10.0. The Balaban J connectivity index is 1.67. The van der Waals surface area contributed by atoms with E-state index in [2.05, 4.69) is 27.3 Å². The fraction of sp³-hybridized carbons (Fsp3) is 0.323. The van der Waals surface area contributed by atoms with Gasteiger partial charge >= 0.3 is 5.97 Å². The van der Waals surface area contributed by atoms with Crippen molar-refractivity contribution in [3.05, 3.63) is 102 Å². The topological polar surface area (TPSA) is 102 Å². The molecule has 0 aliphatic carbocycles. The molecule has 1 aliphatic heterocycles. The standard InChI is InChI=1S/C31H35N3O4/c1-21(2)29(35)28(31(37)38)33-27(23-14-7-4-8-15-23)24-16-9-10-17-25(24)32-30(36)26-18-11-19-34(26)20-22-12-5-3-6-13-22/h3-10,12-17,21,26,28-29,35H,11,18-20H2,1-2H3,(H,32,36)(H,37,38)/t26-,28-,29+/m0/s1. The Morgan fingerprint density at radius 2 is 1.61 bits per heavy atom. The summed E-state index contributed by atoms with van der Waals surface area (Å²) in [7, 11) is 0. The molecule has 1 heterocycles. The highest BCUT2D eigenvalue weighted by atomic mass is 16.4. The zero-order valence-electron chi connectivity index (χ0n) is 21.8. The van der Waals surface area contributed by atoms with Crippen LogP contribution in [0.25, 0.3) is 0 Å². The van der Waals surface area contributed by atoms with Gasteiger partial charge in [0.25, 0.3) is 0 Å². The van der Waals surface area contributed by atoms with Gasteiger partial charge in [-0.1, -0.05) is 92.7 Å². The molecule has 0 unspecified atom stereocenters. The molecular weight excluding hydrogens is 478 g/mol. The molecule has 3 aromatic rings. The zero-order valence-corrected chi connectivity index (χ0v) is 21.8. The van der Waals surface area contributed by atoms with Crippen molar-refractivity contribution >= 4 is 23.3 Å². The second-order valence-corrected chi connectivity index (χ2v) is 10.0. The van der Waals surface area contributed by atoms with Crippen LogP contribution in [-0.2, 0) is 16.1 Å². The van der Waals surface area contributed by atoms with Crippen LogP contribution in [0.3, 0.4) is 0 Å². The number of aliphatic imine (C=N–C) groups is 1. The number of para-hydroxylation sites is 1. The van der Waals surface area contributed by atoms with E-state index in [-0.39, 0.29) is 17.9 Å². The third kappa shape index (κ3) is 6.54. The SMILES string of the molecule is CC(C)[C@@H](O)[C@H](N=C(c1ccccc1)c1ccccc1NC(=O)[C@@H]1CCCN1Cc1ccccc1)C(=O)O. The largest absolute Gasteiger partial charge is 0.480 e. The number of carboxylic acids is 1. The quantitative estimate of drug-likeness (QED) is 0.344. The minimum atomic E-state index is -1.36. The normalized spacial score (nSPS) is 17.8. The van der Waals surface area contributed by atoms with Gasteiger partial charge in [0.2, 0.25) is 5.91 Å². The van der Waals surface area contributed by atoms with Crippen LogP contribution in [0.15, 0.2) is 89.9 Å². The van der Waals surface area contributed by atoms with E-state index in [4.69, 9.17) is 0 Å². The third-order valence-electron chi connectivity index (χ3n) is 6.91. The van der Waals surface area contributed by atoms with Gasteiger partial charge in [0.15, 0.2) is 6.04 Å². The van der Waals surface area contributed by atoms with E-state index in [9.17, 15) is 19.8 Å². The summed E-state index contributed by atoms with van der Waals surface area (Å²) in [6.45, 7) is 5.06. The Morgan fingerprint density at radius 1 is 0.974 bits per heavy atom. The number of hydrogen-bond acceptors (Lipinski definition) is 5. The van der Waals surface area contributed by atoms with Crippen molar-refractivity contribution in [1.82, 2.24) is 4.90 Å². The maximum Gasteiger partial charge on any atom is 0.331 e. The van der Waals surface area contributed by atoms with Crippen molar-refractivity contribution in [2.45, 2.75) is 51.4 Å². The van der Waals surface area contributed by atoms with Crippen LogP contribution in [0.2, 0.25) is 0 Å². The lowest BCUT2D eigenvalue weighted by Crippen LogP contribution is -2.39. The smallest absolute Gasteiger partial charge is 0.331 e. The first kappa shape index (κ1) is 27.2. The number of aliphatic hydroxyl groups excluding tert-OH is 1. The summed E-state index contributed by atoms with van der Waals surface area (Å²) >= 11 is 0. The first-order chi connectivity index (χ1) is 18.3. The summed E-state index contributed by atoms with van der Waals surface area (Å²) in [5, 5.41) is 23.6. The van der Waals surface area contributed by atoms with Crippen molar-refractivity contribution < 1.29 is 19.8 Å². The van der Waals surface area contributed by atoms with Gasteiger partial charge in [0, 0.05) is 17.7 Å². The molecule has 7 nitrogen and oxygen atoms in total. The molecule has 0 aromatic heterocycles. The minimum absolute atomic E-state index is 0.102. The van der Waals surface area contributed by atoms with Crippen LogP contribution >= 0.6 is 0 Å². The third-order valence-corrected chi connectivity index (χ3v) is 6.91. The number of hydrogen-bond donors (Lipinski definition) is 3. The monoisotopic (exact) mass is 513 g/mol. The zero-order chi connectivity index (χ0) is 27.1. The number of nitrogens with one attached hydrogen (secondary N) is 1. The Labute approximate surface area is 223 Å². The Kier molecular flexibility index (Phi) is 9.05. The predicted octanol–water partition coefficient (Wildman–Crippen LogP) is 4.60. The van der Waals surface area contributed by atoms with Gasteiger partial charge in [0.05, 0.1) is 23.5 Å². The van der Waals surface area contributed by atoms with Gasteiger partial charge in [-0.05, 0) is 36.9 Å². The lowest BCUT2D eigenvalue weighted by molar-refractivity contribution is -0.141. The second kappa shape index (κ2) is 12.6. The number of carbonyl (C=O) groups is 2. The van der Waals surface area contributed by atoms with Gasteiger partial charge in [-0.25, -0.2) is 4.79 Å². The molecule has 38 heavy (non-hydrogen) atoms. The summed E-state index contributed by atoms with van der Waals surface area (Å²) in [4.78, 5) is 32.4. The van der Waals surface area contributed by atoms with Crippen molar-refractivity contribution in [3.63, 3.8) is 0 Å². The van der Waals surface area contributed by atoms with Crippen molar-refractivity contribution in [2.75, 3.05) is 11.9 Å². The van der Waals surface area contributed by atoms with E-state index in [1.807, 2.05) is 66.7 Å². The van der Waals surface area contributed by atoms with E-state index in [0.29, 0.717) is 29.1 Å². The molecule has 1 saturated heterocycles. The molecule has 3 atom stereocenters. The van der Waals surface area contributed by atoms with Crippen molar-refractivity contribution in [2.24, 2.45) is 10.9 Å². The summed E-state index contributed by atoms with van der Waals surface area (Å²) in [6.07, 6.45) is 0.539. The number of benzene rings is 3. The van der Waals surface area contributed by atoms with E-state index in [1.54, 1.807) is 19.9 Å². The van der Waals surface area contributed by atoms with Gasteiger partial charge in [-0.2, -0.15) is 0 Å². The van der Waals surface area contributed by atoms with Crippen LogP contribution in [-0.4, -0.2) is 57.4 Å². The number of rotatable bonds is 10. The van der Waals surface area contributed by atoms with E-state index < -0.39 is 18.1 Å². The first-order valence-corrected chi connectivity index (χ1v) is 13.1. The summed E-state index contributed by atoms with van der Waals surface area (Å²) < 4.78 is 0. The van der Waals surface area contributed by atoms with E-state index in [1.165, 1.54) is 0 Å². The number of aliphatic hydroxyl groups is 1. The van der Waals surface area contributed by atoms with Crippen molar-refractivity contribution in [1.29, 1.82) is 0 Å². The fourth-order valence-corrected chi connectivity index (χ4v) is 4.82. The molecule has 0 saturated carbocycles. The van der Waals surface area contributed by atoms with Crippen LogP contribution in [0, 0.1) is 5.92 Å². The maximum atomic E-state index is 13.5. The van der Waals surface area contributed by atoms with Gasteiger partial charge in [-0.3, -0.25) is 14.7 Å². The van der Waals surface area contributed by atoms with Gasteiger partial charge in [-0.15, -0.1) is 0 Å². The molecule has 1 fully saturated rings. The molecule has 4 rings (SSSR count). The summed E-state index contributed by atoms with van der Waals surface area (Å²) in [5.41, 5.74) is 3.41. The molecular formula is C31H35N3O4. The number of likely N-dealkylation sites (tertiary alicyclic amines) is 1. The average molecular weight is 514 g/mol. The summed E-state index contributed by atoms with van der Waals surface area (Å²) in [5.74, 6) is -1.61. The molecule has 1 aliphatic rings. The van der Waals surface area contributed by atoms with Crippen LogP contribution in [0.5, 0.6) is 0 Å². The number of aliphatic carboxylic acids is 1. The molecule has 7 heteroatoms. The lowest BCUT2D eigenvalue weighted by atomic mass is 9.97. The Morgan fingerprint density at radius 3 is 2.26 bits per heavy atom. The number of anilines is 1. The first-order valence-electron chi connectivity index (χ1n) is 13.1. The van der Waals surface area contributed by atoms with Crippen LogP contribution < -0.4 is 5.32 Å². The van der Waals surface area contributed by atoms with E-state index in [0.717, 1.165) is 24.9 Å². The number of carboxylic acid groups (broad SMARTS) is 1. The molecule has 0 spiro atoms. The number of nitrogens with zero attached hydrogens (tertiary/aromatic N) is 2. The highest BCUT2D eigenvalue weighted by Crippen LogP contribution is 2.26. The molecule has 0 bridgehead atoms. The Hall–Kier alpha value is -3.81. The van der Waals surface area contributed by atoms with Gasteiger partial charge in [0.1, 0.15) is 0 Å². The molecule has 0 radical (unpaired) electrons. The molecule has 1 amide bonds. The van der Waals surface area contributed by atoms with Crippen LogP contribution in [0.1, 0.15) is 43.4 Å².